The summed E-state index contributed by atoms with van der Waals surface area (Å²) in [4.78, 5) is 4.47. The van der Waals surface area contributed by atoms with Crippen LogP contribution in [0.15, 0.2) is 35.5 Å². The zero-order valence-electron chi connectivity index (χ0n) is 13.8. The van der Waals surface area contributed by atoms with Crippen molar-refractivity contribution in [1.82, 2.24) is 19.1 Å². The standard InChI is InChI=1S/C15H22N4O3S/c1-5-19-12(2)15(10-17-19)23(20,21)18(3)14(11-22-4)13-8-6-7-9-16-13/h6-10,14H,5,11H2,1-4H3. The SMILES string of the molecule is CCn1ncc(S(=O)(=O)N(C)C(COC)c2ccccn2)c1C. The van der Waals surface area contributed by atoms with E-state index in [2.05, 4.69) is 10.1 Å². The fourth-order valence-corrected chi connectivity index (χ4v) is 3.90. The molecule has 23 heavy (non-hydrogen) atoms. The zero-order chi connectivity index (χ0) is 17.0. The lowest BCUT2D eigenvalue weighted by molar-refractivity contribution is 0.140. The molecule has 2 aromatic rings. The Bertz CT molecular complexity index is 743. The Balaban J connectivity index is 2.42. The molecule has 2 aromatic heterocycles. The molecule has 0 amide bonds. The number of likely N-dealkylation sites (N-methyl/N-ethyl adjacent to an activating group) is 1. The number of hydrogen-bond acceptors (Lipinski definition) is 5. The lowest BCUT2D eigenvalue weighted by atomic mass is 10.2. The molecule has 0 aliphatic heterocycles. The molecule has 0 bridgehead atoms. The molecule has 126 valence electrons. The molecule has 0 aliphatic carbocycles. The van der Waals surface area contributed by atoms with Crippen LogP contribution < -0.4 is 0 Å². The van der Waals surface area contributed by atoms with Gasteiger partial charge in [0.15, 0.2) is 0 Å². The first-order valence-electron chi connectivity index (χ1n) is 7.33. The van der Waals surface area contributed by atoms with E-state index in [1.54, 1.807) is 29.9 Å². The third kappa shape index (κ3) is 3.44. The van der Waals surface area contributed by atoms with Crippen molar-refractivity contribution in [3.05, 3.63) is 42.0 Å². The topological polar surface area (TPSA) is 77.3 Å². The number of methoxy groups -OCH3 is 1. The summed E-state index contributed by atoms with van der Waals surface area (Å²) in [7, 11) is -0.622. The third-order valence-corrected chi connectivity index (χ3v) is 5.78. The molecule has 2 rings (SSSR count). The van der Waals surface area contributed by atoms with Gasteiger partial charge in [-0.2, -0.15) is 9.40 Å². The van der Waals surface area contributed by atoms with Crippen molar-refractivity contribution in [1.29, 1.82) is 0 Å². The summed E-state index contributed by atoms with van der Waals surface area (Å²) in [6, 6.07) is 4.90. The average molecular weight is 338 g/mol. The first kappa shape index (κ1) is 17.6. The van der Waals surface area contributed by atoms with Crippen molar-refractivity contribution in [2.45, 2.75) is 31.3 Å². The van der Waals surface area contributed by atoms with Crippen molar-refractivity contribution >= 4 is 10.0 Å². The van der Waals surface area contributed by atoms with Crippen molar-refractivity contribution in [2.24, 2.45) is 0 Å². The Labute approximate surface area is 137 Å². The van der Waals surface area contributed by atoms with Gasteiger partial charge in [-0.3, -0.25) is 9.67 Å². The summed E-state index contributed by atoms with van der Waals surface area (Å²) in [5.41, 5.74) is 1.26. The van der Waals surface area contributed by atoms with Crippen LogP contribution in [0.4, 0.5) is 0 Å². The van der Waals surface area contributed by atoms with Crippen LogP contribution >= 0.6 is 0 Å². The predicted molar refractivity (Wildman–Crippen MR) is 86.4 cm³/mol. The minimum Gasteiger partial charge on any atom is -0.383 e. The van der Waals surface area contributed by atoms with Gasteiger partial charge in [-0.25, -0.2) is 8.42 Å². The van der Waals surface area contributed by atoms with E-state index in [0.29, 0.717) is 17.9 Å². The second-order valence-electron chi connectivity index (χ2n) is 5.16. The number of pyridine rings is 1. The first-order chi connectivity index (χ1) is 10.9. The third-order valence-electron chi connectivity index (χ3n) is 3.81. The minimum atomic E-state index is -3.70. The minimum absolute atomic E-state index is 0.207. The number of ether oxygens (including phenoxy) is 1. The maximum atomic E-state index is 13.0. The van der Waals surface area contributed by atoms with Crippen molar-refractivity contribution < 1.29 is 13.2 Å². The molecule has 0 saturated heterocycles. The van der Waals surface area contributed by atoms with Gasteiger partial charge in [0.25, 0.3) is 0 Å². The molecule has 1 unspecified atom stereocenters. The molecule has 2 heterocycles. The van der Waals surface area contributed by atoms with E-state index >= 15 is 0 Å². The van der Waals surface area contributed by atoms with Crippen molar-refractivity contribution in [3.8, 4) is 0 Å². The second-order valence-corrected chi connectivity index (χ2v) is 7.12. The maximum Gasteiger partial charge on any atom is 0.246 e. The molecule has 0 aromatic carbocycles. The highest BCUT2D eigenvalue weighted by atomic mass is 32.2. The van der Waals surface area contributed by atoms with Gasteiger partial charge in [0.1, 0.15) is 4.90 Å². The molecule has 7 nitrogen and oxygen atoms in total. The number of rotatable bonds is 7. The van der Waals surface area contributed by atoms with Gasteiger partial charge < -0.3 is 4.74 Å². The van der Waals surface area contributed by atoms with Gasteiger partial charge in [-0.15, -0.1) is 0 Å². The summed E-state index contributed by atoms with van der Waals surface area (Å²) >= 11 is 0. The number of hydrogen-bond donors (Lipinski definition) is 0. The lowest BCUT2D eigenvalue weighted by Crippen LogP contribution is -2.34. The van der Waals surface area contributed by atoms with Crippen molar-refractivity contribution in [3.63, 3.8) is 0 Å². The van der Waals surface area contributed by atoms with Crippen molar-refractivity contribution in [2.75, 3.05) is 20.8 Å². The van der Waals surface area contributed by atoms with Crippen LogP contribution in [0.1, 0.15) is 24.4 Å². The normalized spacial score (nSPS) is 13.4. The highest BCUT2D eigenvalue weighted by Gasteiger charge is 2.32. The van der Waals surface area contributed by atoms with Gasteiger partial charge >= 0.3 is 0 Å². The number of nitrogens with zero attached hydrogens (tertiary/aromatic N) is 4. The first-order valence-corrected chi connectivity index (χ1v) is 8.77. The smallest absolute Gasteiger partial charge is 0.246 e. The molecule has 0 spiro atoms. The zero-order valence-corrected chi connectivity index (χ0v) is 14.6. The van der Waals surface area contributed by atoms with E-state index in [9.17, 15) is 8.42 Å². The number of aromatic nitrogens is 3. The molecule has 0 radical (unpaired) electrons. The summed E-state index contributed by atoms with van der Waals surface area (Å²) in [5.74, 6) is 0. The molecular weight excluding hydrogens is 316 g/mol. The highest BCUT2D eigenvalue weighted by molar-refractivity contribution is 7.89. The highest BCUT2D eigenvalue weighted by Crippen LogP contribution is 2.26. The Morgan fingerprint density at radius 2 is 2.13 bits per heavy atom. The van der Waals surface area contributed by atoms with Gasteiger partial charge in [0.2, 0.25) is 10.0 Å². The van der Waals surface area contributed by atoms with E-state index in [0.717, 1.165) is 0 Å². The Hall–Kier alpha value is -1.77. The van der Waals surface area contributed by atoms with E-state index in [-0.39, 0.29) is 11.5 Å². The second kappa shape index (κ2) is 7.20. The summed E-state index contributed by atoms with van der Waals surface area (Å²) in [6.07, 6.45) is 3.03. The fourth-order valence-electron chi connectivity index (χ4n) is 2.43. The Morgan fingerprint density at radius 3 is 2.65 bits per heavy atom. The van der Waals surface area contributed by atoms with Gasteiger partial charge in [0.05, 0.1) is 30.2 Å². The maximum absolute atomic E-state index is 13.0. The summed E-state index contributed by atoms with van der Waals surface area (Å²) < 4.78 is 34.1. The van der Waals surface area contributed by atoms with Crippen LogP contribution in [-0.2, 0) is 21.3 Å². The van der Waals surface area contributed by atoms with E-state index in [1.165, 1.54) is 24.7 Å². The Morgan fingerprint density at radius 1 is 1.39 bits per heavy atom. The van der Waals surface area contributed by atoms with Crippen LogP contribution in [0.2, 0.25) is 0 Å². The van der Waals surface area contributed by atoms with Gasteiger partial charge in [-0.05, 0) is 26.0 Å². The molecule has 0 N–H and O–H groups in total. The summed E-state index contributed by atoms with van der Waals surface area (Å²) in [5, 5.41) is 4.12. The monoisotopic (exact) mass is 338 g/mol. The van der Waals surface area contributed by atoms with Gasteiger partial charge in [0, 0.05) is 26.9 Å². The molecule has 8 heteroatoms. The average Bonchev–Trinajstić information content (AvgIpc) is 2.94. The van der Waals surface area contributed by atoms with E-state index in [1.807, 2.05) is 13.0 Å². The predicted octanol–water partition coefficient (Wildman–Crippen LogP) is 1.61. The van der Waals surface area contributed by atoms with Crippen LogP contribution in [0.3, 0.4) is 0 Å². The molecule has 0 saturated carbocycles. The number of aryl methyl sites for hydroxylation is 1. The fraction of sp³-hybridized carbons (Fsp3) is 0.467. The molecular formula is C15H22N4O3S. The lowest BCUT2D eigenvalue weighted by Gasteiger charge is -2.26. The summed E-state index contributed by atoms with van der Waals surface area (Å²) in [6.45, 7) is 4.51. The molecule has 0 aliphatic rings. The molecule has 0 fully saturated rings. The Kier molecular flexibility index (Phi) is 5.51. The van der Waals surface area contributed by atoms with Crippen LogP contribution in [-0.4, -0.2) is 48.3 Å². The molecule has 1 atom stereocenters. The quantitative estimate of drug-likeness (QED) is 0.766. The largest absolute Gasteiger partial charge is 0.383 e. The van der Waals surface area contributed by atoms with E-state index < -0.39 is 16.1 Å². The van der Waals surface area contributed by atoms with Crippen LogP contribution in [0.5, 0.6) is 0 Å². The number of sulfonamides is 1. The van der Waals surface area contributed by atoms with Crippen LogP contribution in [0, 0.1) is 6.92 Å². The van der Waals surface area contributed by atoms with Gasteiger partial charge in [-0.1, -0.05) is 6.07 Å². The van der Waals surface area contributed by atoms with E-state index in [4.69, 9.17) is 4.74 Å². The van der Waals surface area contributed by atoms with Crippen LogP contribution in [0.25, 0.3) is 0 Å².